The van der Waals surface area contributed by atoms with Crippen molar-refractivity contribution in [2.75, 3.05) is 12.5 Å². The average molecular weight is 252 g/mol. The molecule has 0 radical (unpaired) electrons. The fourth-order valence-corrected chi connectivity index (χ4v) is 1.37. The summed E-state index contributed by atoms with van der Waals surface area (Å²) in [5.41, 5.74) is 9.26. The van der Waals surface area contributed by atoms with E-state index < -0.39 is 12.0 Å². The molecule has 0 fully saturated rings. The molecular weight excluding hydrogens is 239 g/mol. The number of benzene rings is 1. The molecule has 1 aliphatic rings. The second kappa shape index (κ2) is 4.98. The molecule has 0 bridgehead atoms. The maximum Gasteiger partial charge on any atom is 0.167 e. The zero-order chi connectivity index (χ0) is 13.1. The fourth-order valence-electron chi connectivity index (χ4n) is 1.37. The number of anilines is 1. The van der Waals surface area contributed by atoms with Crippen molar-refractivity contribution in [2.24, 2.45) is 21.8 Å². The molecule has 7 nitrogen and oxygen atoms in total. The van der Waals surface area contributed by atoms with Crippen LogP contribution < -0.4 is 21.7 Å². The largest absolute Gasteiger partial charge is 0.494 e. The van der Waals surface area contributed by atoms with Crippen molar-refractivity contribution in [3.63, 3.8) is 0 Å². The number of methoxy groups -OCH3 is 1. The first kappa shape index (κ1) is 12.3. The number of ether oxygens (including phenoxy) is 1. The van der Waals surface area contributed by atoms with Crippen molar-refractivity contribution < 1.29 is 9.13 Å². The van der Waals surface area contributed by atoms with E-state index >= 15 is 0 Å². The van der Waals surface area contributed by atoms with E-state index in [9.17, 15) is 4.39 Å². The van der Waals surface area contributed by atoms with E-state index in [0.717, 1.165) is 5.12 Å². The minimum atomic E-state index is -0.611. The highest BCUT2D eigenvalue weighted by molar-refractivity contribution is 6.34. The van der Waals surface area contributed by atoms with Gasteiger partial charge in [-0.15, -0.1) is 0 Å². The van der Waals surface area contributed by atoms with Gasteiger partial charge in [-0.2, -0.15) is 10.2 Å². The molecule has 0 aromatic heterocycles. The summed E-state index contributed by atoms with van der Waals surface area (Å²) in [4.78, 5) is 0. The van der Waals surface area contributed by atoms with E-state index in [1.54, 1.807) is 6.07 Å². The van der Waals surface area contributed by atoms with Crippen LogP contribution in [0.5, 0.6) is 5.75 Å². The van der Waals surface area contributed by atoms with Crippen LogP contribution in [0.3, 0.4) is 0 Å². The molecule has 1 aliphatic heterocycles. The first-order chi connectivity index (χ1) is 8.61. The zero-order valence-corrected chi connectivity index (χ0v) is 9.67. The molecule has 0 amide bonds. The summed E-state index contributed by atoms with van der Waals surface area (Å²) in [5.74, 6) is 5.11. The van der Waals surface area contributed by atoms with Crippen LogP contribution >= 0.6 is 0 Å². The molecule has 8 heteroatoms. The quantitative estimate of drug-likeness (QED) is 0.521. The Morgan fingerprint density at radius 1 is 1.56 bits per heavy atom. The lowest BCUT2D eigenvalue weighted by atomic mass is 10.3. The Kier molecular flexibility index (Phi) is 3.40. The van der Waals surface area contributed by atoms with E-state index in [-0.39, 0.29) is 5.75 Å². The van der Waals surface area contributed by atoms with Crippen LogP contribution in [0.25, 0.3) is 0 Å². The van der Waals surface area contributed by atoms with Crippen molar-refractivity contribution in [1.82, 2.24) is 5.12 Å². The predicted octanol–water partition coefficient (Wildman–Crippen LogP) is 0.0621. The Morgan fingerprint density at radius 3 is 2.89 bits per heavy atom. The van der Waals surface area contributed by atoms with Crippen molar-refractivity contribution in [3.8, 4) is 5.75 Å². The summed E-state index contributed by atoms with van der Waals surface area (Å²) in [7, 11) is 1.40. The van der Waals surface area contributed by atoms with Crippen LogP contribution in [-0.4, -0.2) is 30.3 Å². The standard InChI is InChI=1S/C10H13FN6O/c1-18-9-3-2-6(4-7(9)11)15-16-8-5-14-17(13)10(8)12/h2-5,10,15H,12-13H2,1H3. The van der Waals surface area contributed by atoms with E-state index in [4.69, 9.17) is 16.3 Å². The fraction of sp³-hybridized carbons (Fsp3) is 0.200. The van der Waals surface area contributed by atoms with Gasteiger partial charge in [0.2, 0.25) is 0 Å². The molecule has 0 aliphatic carbocycles. The molecule has 0 spiro atoms. The SMILES string of the molecule is COc1ccc(NN=C2C=NN(N)C2N)cc1F. The van der Waals surface area contributed by atoms with Crippen molar-refractivity contribution in [2.45, 2.75) is 6.17 Å². The van der Waals surface area contributed by atoms with Gasteiger partial charge in [-0.25, -0.2) is 15.4 Å². The Bertz CT molecular complexity index is 503. The van der Waals surface area contributed by atoms with Gasteiger partial charge in [0.25, 0.3) is 0 Å². The molecule has 1 aromatic rings. The number of hydrogen-bond donors (Lipinski definition) is 3. The first-order valence-electron chi connectivity index (χ1n) is 5.12. The summed E-state index contributed by atoms with van der Waals surface area (Å²) in [6.07, 6.45) is 0.818. The zero-order valence-electron chi connectivity index (χ0n) is 9.67. The van der Waals surface area contributed by atoms with Gasteiger partial charge < -0.3 is 10.5 Å². The van der Waals surface area contributed by atoms with Gasteiger partial charge in [0.15, 0.2) is 17.7 Å². The highest BCUT2D eigenvalue weighted by Crippen LogP contribution is 2.20. The van der Waals surface area contributed by atoms with E-state index in [1.807, 2.05) is 0 Å². The van der Waals surface area contributed by atoms with E-state index in [2.05, 4.69) is 15.6 Å². The highest BCUT2D eigenvalue weighted by atomic mass is 19.1. The maximum absolute atomic E-state index is 13.4. The minimum Gasteiger partial charge on any atom is -0.494 e. The second-order valence-electron chi connectivity index (χ2n) is 3.57. The van der Waals surface area contributed by atoms with Gasteiger partial charge in [0.1, 0.15) is 5.71 Å². The molecule has 1 unspecified atom stereocenters. The number of rotatable bonds is 3. The number of nitrogens with one attached hydrogen (secondary N) is 1. The van der Waals surface area contributed by atoms with E-state index in [1.165, 1.54) is 25.5 Å². The third kappa shape index (κ3) is 2.39. The Balaban J connectivity index is 2.09. The smallest absolute Gasteiger partial charge is 0.167 e. The van der Waals surface area contributed by atoms with Crippen LogP contribution in [0.2, 0.25) is 0 Å². The number of hydrazone groups is 2. The van der Waals surface area contributed by atoms with Crippen molar-refractivity contribution in [3.05, 3.63) is 24.0 Å². The maximum atomic E-state index is 13.4. The van der Waals surface area contributed by atoms with Crippen molar-refractivity contribution >= 4 is 17.6 Å². The van der Waals surface area contributed by atoms with Crippen LogP contribution in [0.15, 0.2) is 28.4 Å². The molecule has 1 aromatic carbocycles. The average Bonchev–Trinajstić information content (AvgIpc) is 2.68. The Morgan fingerprint density at radius 2 is 2.33 bits per heavy atom. The molecule has 1 heterocycles. The summed E-state index contributed by atoms with van der Waals surface area (Å²) in [6.45, 7) is 0. The van der Waals surface area contributed by atoms with Gasteiger partial charge in [-0.3, -0.25) is 5.43 Å². The minimum absolute atomic E-state index is 0.167. The van der Waals surface area contributed by atoms with Gasteiger partial charge >= 0.3 is 0 Å². The first-order valence-corrected chi connectivity index (χ1v) is 5.12. The van der Waals surface area contributed by atoms with Gasteiger partial charge in [0.05, 0.1) is 19.0 Å². The van der Waals surface area contributed by atoms with Crippen LogP contribution in [-0.2, 0) is 0 Å². The van der Waals surface area contributed by atoms with Crippen LogP contribution in [0.4, 0.5) is 10.1 Å². The third-order valence-corrected chi connectivity index (χ3v) is 2.38. The highest BCUT2D eigenvalue weighted by Gasteiger charge is 2.20. The number of halogens is 1. The monoisotopic (exact) mass is 252 g/mol. The summed E-state index contributed by atoms with van der Waals surface area (Å²) in [6, 6.07) is 4.39. The lowest BCUT2D eigenvalue weighted by Gasteiger charge is -2.12. The van der Waals surface area contributed by atoms with Crippen LogP contribution in [0, 0.1) is 5.82 Å². The lowest BCUT2D eigenvalue weighted by Crippen LogP contribution is -2.44. The van der Waals surface area contributed by atoms with Gasteiger partial charge in [0, 0.05) is 6.07 Å². The van der Waals surface area contributed by atoms with E-state index in [0.29, 0.717) is 11.4 Å². The number of hydrazine groups is 1. The number of hydrogen-bond acceptors (Lipinski definition) is 7. The topological polar surface area (TPSA) is 101 Å². The molecule has 2 rings (SSSR count). The molecule has 96 valence electrons. The normalized spacial score (nSPS) is 20.6. The molecule has 1 atom stereocenters. The summed E-state index contributed by atoms with van der Waals surface area (Å²) in [5, 5.41) is 8.82. The molecule has 5 N–H and O–H groups in total. The molecule has 0 saturated carbocycles. The molecule has 0 saturated heterocycles. The lowest BCUT2D eigenvalue weighted by molar-refractivity contribution is 0.280. The summed E-state index contributed by atoms with van der Waals surface area (Å²) >= 11 is 0. The Hall–Kier alpha value is -2.19. The van der Waals surface area contributed by atoms with Crippen molar-refractivity contribution in [1.29, 1.82) is 0 Å². The summed E-state index contributed by atoms with van der Waals surface area (Å²) < 4.78 is 18.2. The molecule has 18 heavy (non-hydrogen) atoms. The predicted molar refractivity (Wildman–Crippen MR) is 66.5 cm³/mol. The Labute approximate surface area is 103 Å². The van der Waals surface area contributed by atoms with Crippen LogP contribution in [0.1, 0.15) is 0 Å². The van der Waals surface area contributed by atoms with Gasteiger partial charge in [-0.1, -0.05) is 0 Å². The third-order valence-electron chi connectivity index (χ3n) is 2.38. The second-order valence-corrected chi connectivity index (χ2v) is 3.57. The number of nitrogens with zero attached hydrogens (tertiary/aromatic N) is 3. The van der Waals surface area contributed by atoms with Gasteiger partial charge in [-0.05, 0) is 12.1 Å². The number of nitrogens with two attached hydrogens (primary N) is 2. The molecular formula is C10H13FN6O.